The molecule has 0 heterocycles. The molecule has 2 aromatic carbocycles. The first-order valence-electron chi connectivity index (χ1n) is 7.65. The van der Waals surface area contributed by atoms with Gasteiger partial charge in [0.25, 0.3) is 11.6 Å². The van der Waals surface area contributed by atoms with Gasteiger partial charge in [0.05, 0.1) is 11.0 Å². The van der Waals surface area contributed by atoms with Gasteiger partial charge >= 0.3 is 0 Å². The van der Waals surface area contributed by atoms with Crippen molar-refractivity contribution >= 4 is 11.6 Å². The van der Waals surface area contributed by atoms with Crippen molar-refractivity contribution in [2.75, 3.05) is 0 Å². The van der Waals surface area contributed by atoms with Crippen LogP contribution < -0.4 is 10.1 Å². The molecule has 0 unspecified atom stereocenters. The molecule has 0 aliphatic heterocycles. The Labute approximate surface area is 140 Å². The first-order valence-corrected chi connectivity index (χ1v) is 7.65. The molecular weight excluding hydrogens is 308 g/mol. The standard InChI is InChI=1S/C18H20N2O4/c1-12(2)24-16-8-5-14(6-9-16)11-19-18(21)15-7-4-13(3)17(10-15)20(22)23/h4-10,12H,11H2,1-3H3,(H,19,21). The Morgan fingerprint density at radius 3 is 2.46 bits per heavy atom. The second-order valence-corrected chi connectivity index (χ2v) is 5.75. The van der Waals surface area contributed by atoms with Gasteiger partial charge in [-0.2, -0.15) is 0 Å². The highest BCUT2D eigenvalue weighted by molar-refractivity contribution is 5.94. The van der Waals surface area contributed by atoms with Crippen molar-refractivity contribution in [2.24, 2.45) is 0 Å². The molecule has 0 aromatic heterocycles. The summed E-state index contributed by atoms with van der Waals surface area (Å²) in [7, 11) is 0. The van der Waals surface area contributed by atoms with Gasteiger partial charge in [-0.25, -0.2) is 0 Å². The largest absolute Gasteiger partial charge is 0.491 e. The van der Waals surface area contributed by atoms with Crippen molar-refractivity contribution in [1.82, 2.24) is 5.32 Å². The lowest BCUT2D eigenvalue weighted by Crippen LogP contribution is -2.22. The summed E-state index contributed by atoms with van der Waals surface area (Å²) in [6, 6.07) is 11.9. The molecule has 0 spiro atoms. The molecule has 0 aliphatic carbocycles. The van der Waals surface area contributed by atoms with Crippen molar-refractivity contribution in [3.63, 3.8) is 0 Å². The first-order chi connectivity index (χ1) is 11.4. The average molecular weight is 328 g/mol. The van der Waals surface area contributed by atoms with E-state index < -0.39 is 4.92 Å². The van der Waals surface area contributed by atoms with Crippen LogP contribution in [0.5, 0.6) is 5.75 Å². The second kappa shape index (κ2) is 7.59. The van der Waals surface area contributed by atoms with E-state index in [0.29, 0.717) is 12.1 Å². The Morgan fingerprint density at radius 2 is 1.88 bits per heavy atom. The summed E-state index contributed by atoms with van der Waals surface area (Å²) in [5.41, 5.74) is 1.66. The van der Waals surface area contributed by atoms with E-state index in [0.717, 1.165) is 11.3 Å². The third kappa shape index (κ3) is 4.55. The molecule has 0 atom stereocenters. The van der Waals surface area contributed by atoms with Gasteiger partial charge in [-0.3, -0.25) is 14.9 Å². The monoisotopic (exact) mass is 328 g/mol. The number of benzene rings is 2. The maximum atomic E-state index is 12.2. The average Bonchev–Trinajstić information content (AvgIpc) is 2.53. The van der Waals surface area contributed by atoms with Gasteiger partial charge in [-0.05, 0) is 44.5 Å². The predicted molar refractivity (Wildman–Crippen MR) is 91.2 cm³/mol. The molecule has 6 nitrogen and oxygen atoms in total. The number of nitrogens with zero attached hydrogens (tertiary/aromatic N) is 1. The summed E-state index contributed by atoms with van der Waals surface area (Å²) in [5, 5.41) is 13.7. The van der Waals surface area contributed by atoms with E-state index in [1.807, 2.05) is 38.1 Å². The fourth-order valence-electron chi connectivity index (χ4n) is 2.19. The van der Waals surface area contributed by atoms with Crippen LogP contribution in [-0.4, -0.2) is 16.9 Å². The van der Waals surface area contributed by atoms with Crippen LogP contribution in [0.4, 0.5) is 5.69 Å². The van der Waals surface area contributed by atoms with E-state index in [2.05, 4.69) is 5.32 Å². The molecule has 2 rings (SSSR count). The van der Waals surface area contributed by atoms with Crippen molar-refractivity contribution in [3.8, 4) is 5.75 Å². The quantitative estimate of drug-likeness (QED) is 0.648. The minimum atomic E-state index is -0.487. The normalized spacial score (nSPS) is 10.5. The van der Waals surface area contributed by atoms with Crippen molar-refractivity contribution in [1.29, 1.82) is 0 Å². The van der Waals surface area contributed by atoms with E-state index in [-0.39, 0.29) is 23.3 Å². The van der Waals surface area contributed by atoms with Crippen LogP contribution in [0.15, 0.2) is 42.5 Å². The summed E-state index contributed by atoms with van der Waals surface area (Å²) in [6.07, 6.45) is 0.105. The molecule has 0 bridgehead atoms. The molecule has 126 valence electrons. The van der Waals surface area contributed by atoms with Crippen LogP contribution in [0.1, 0.15) is 35.3 Å². The zero-order chi connectivity index (χ0) is 17.7. The summed E-state index contributed by atoms with van der Waals surface area (Å²) in [4.78, 5) is 22.6. The lowest BCUT2D eigenvalue weighted by molar-refractivity contribution is -0.385. The number of carbonyl (C=O) groups excluding carboxylic acids is 1. The minimum Gasteiger partial charge on any atom is -0.491 e. The van der Waals surface area contributed by atoms with Gasteiger partial charge < -0.3 is 10.1 Å². The fraction of sp³-hybridized carbons (Fsp3) is 0.278. The fourth-order valence-corrected chi connectivity index (χ4v) is 2.19. The Kier molecular flexibility index (Phi) is 5.52. The number of carbonyl (C=O) groups is 1. The number of nitro groups is 1. The van der Waals surface area contributed by atoms with Gasteiger partial charge in [0.2, 0.25) is 0 Å². The highest BCUT2D eigenvalue weighted by Crippen LogP contribution is 2.19. The summed E-state index contributed by atoms with van der Waals surface area (Å²) in [5.74, 6) is 0.426. The lowest BCUT2D eigenvalue weighted by atomic mass is 10.1. The van der Waals surface area contributed by atoms with Crippen LogP contribution in [0.25, 0.3) is 0 Å². The third-order valence-electron chi connectivity index (χ3n) is 3.42. The molecule has 0 aliphatic rings. The van der Waals surface area contributed by atoms with Gasteiger partial charge in [0, 0.05) is 23.7 Å². The topological polar surface area (TPSA) is 81.5 Å². The van der Waals surface area contributed by atoms with Gasteiger partial charge in [-0.15, -0.1) is 0 Å². The molecule has 1 amide bonds. The summed E-state index contributed by atoms with van der Waals surface area (Å²) < 4.78 is 5.56. The SMILES string of the molecule is Cc1ccc(C(=O)NCc2ccc(OC(C)C)cc2)cc1[N+](=O)[O-]. The van der Waals surface area contributed by atoms with Crippen LogP contribution in [-0.2, 0) is 6.54 Å². The summed E-state index contributed by atoms with van der Waals surface area (Å²) in [6.45, 7) is 5.88. The number of hydrogen-bond donors (Lipinski definition) is 1. The summed E-state index contributed by atoms with van der Waals surface area (Å²) >= 11 is 0. The zero-order valence-corrected chi connectivity index (χ0v) is 13.9. The highest BCUT2D eigenvalue weighted by atomic mass is 16.6. The van der Waals surface area contributed by atoms with E-state index in [1.165, 1.54) is 6.07 Å². The van der Waals surface area contributed by atoms with Crippen molar-refractivity contribution in [3.05, 3.63) is 69.3 Å². The third-order valence-corrected chi connectivity index (χ3v) is 3.42. The Balaban J connectivity index is 2.00. The van der Waals surface area contributed by atoms with Crippen molar-refractivity contribution in [2.45, 2.75) is 33.4 Å². The van der Waals surface area contributed by atoms with Crippen LogP contribution in [0.2, 0.25) is 0 Å². The highest BCUT2D eigenvalue weighted by Gasteiger charge is 2.14. The zero-order valence-electron chi connectivity index (χ0n) is 13.9. The van der Waals surface area contributed by atoms with Crippen LogP contribution in [0.3, 0.4) is 0 Å². The van der Waals surface area contributed by atoms with E-state index in [4.69, 9.17) is 4.74 Å². The van der Waals surface area contributed by atoms with E-state index >= 15 is 0 Å². The Hall–Kier alpha value is -2.89. The number of aryl methyl sites for hydroxylation is 1. The lowest BCUT2D eigenvalue weighted by Gasteiger charge is -2.10. The maximum Gasteiger partial charge on any atom is 0.273 e. The molecule has 1 N–H and O–H groups in total. The van der Waals surface area contributed by atoms with Gasteiger partial charge in [0.1, 0.15) is 5.75 Å². The van der Waals surface area contributed by atoms with Gasteiger partial charge in [0.15, 0.2) is 0 Å². The number of rotatable bonds is 6. The predicted octanol–water partition coefficient (Wildman–Crippen LogP) is 3.62. The molecule has 0 saturated heterocycles. The molecular formula is C18H20N2O4. The van der Waals surface area contributed by atoms with Crippen LogP contribution >= 0.6 is 0 Å². The van der Waals surface area contributed by atoms with Crippen molar-refractivity contribution < 1.29 is 14.5 Å². The number of ether oxygens (including phenoxy) is 1. The molecule has 2 aromatic rings. The smallest absolute Gasteiger partial charge is 0.273 e. The minimum absolute atomic E-state index is 0.0576. The number of nitrogens with one attached hydrogen (secondary N) is 1. The number of nitro benzene ring substituents is 1. The maximum absolute atomic E-state index is 12.2. The van der Waals surface area contributed by atoms with E-state index in [1.54, 1.807) is 19.1 Å². The molecule has 0 fully saturated rings. The molecule has 6 heteroatoms. The molecule has 24 heavy (non-hydrogen) atoms. The Bertz CT molecular complexity index is 739. The first kappa shape index (κ1) is 17.5. The van der Waals surface area contributed by atoms with E-state index in [9.17, 15) is 14.9 Å². The van der Waals surface area contributed by atoms with Crippen LogP contribution in [0, 0.1) is 17.0 Å². The Morgan fingerprint density at radius 1 is 1.21 bits per heavy atom. The molecule has 0 radical (unpaired) electrons. The van der Waals surface area contributed by atoms with Gasteiger partial charge in [-0.1, -0.05) is 18.2 Å². The number of amides is 1. The molecule has 0 saturated carbocycles. The number of hydrogen-bond acceptors (Lipinski definition) is 4. The second-order valence-electron chi connectivity index (χ2n) is 5.75.